The number of amides is 1. The molecule has 2 fully saturated rings. The average Bonchev–Trinajstić information content (AvgIpc) is 3.09. The molecule has 1 aliphatic heterocycles. The first kappa shape index (κ1) is 26.3. The van der Waals surface area contributed by atoms with E-state index in [4.69, 9.17) is 14.5 Å². The Labute approximate surface area is 201 Å². The van der Waals surface area contributed by atoms with E-state index in [1.807, 2.05) is 31.3 Å². The van der Waals surface area contributed by atoms with Crippen molar-refractivity contribution in [3.05, 3.63) is 24.3 Å². The van der Waals surface area contributed by atoms with Crippen molar-refractivity contribution in [1.82, 2.24) is 4.90 Å². The summed E-state index contributed by atoms with van der Waals surface area (Å²) in [5.41, 5.74) is 0.775. The molecule has 178 valence electrons. The minimum atomic E-state index is -0.279. The normalized spacial score (nSPS) is 20.0. The molecule has 1 aliphatic carbocycles. The average molecular weight is 484 g/mol. The maximum atomic E-state index is 12.6. The number of carbonyl (C=O) groups is 2. The number of hydrogen-bond donors (Lipinski definition) is 0. The molecule has 0 radical (unpaired) electrons. The molecule has 3 rings (SSSR count). The van der Waals surface area contributed by atoms with Crippen LogP contribution in [0.5, 0.6) is 5.75 Å². The van der Waals surface area contributed by atoms with Gasteiger partial charge in [-0.15, -0.1) is 12.4 Å². The summed E-state index contributed by atoms with van der Waals surface area (Å²) < 4.78 is 10.6. The van der Waals surface area contributed by atoms with Crippen molar-refractivity contribution in [3.63, 3.8) is 0 Å². The summed E-state index contributed by atoms with van der Waals surface area (Å²) in [6, 6.07) is 7.86. The van der Waals surface area contributed by atoms with E-state index in [1.165, 1.54) is 19.3 Å². The maximum absolute atomic E-state index is 12.6. The molecule has 1 heterocycles. The third-order valence-corrected chi connectivity index (χ3v) is 6.71. The molecule has 0 aromatic heterocycles. The van der Waals surface area contributed by atoms with Gasteiger partial charge in [-0.3, -0.25) is 19.5 Å². The summed E-state index contributed by atoms with van der Waals surface area (Å²) in [5.74, 6) is 1.09. The number of thioether (sulfide) groups is 1. The predicted molar refractivity (Wildman–Crippen MR) is 132 cm³/mol. The molecule has 1 aromatic carbocycles. The zero-order valence-corrected chi connectivity index (χ0v) is 20.8. The van der Waals surface area contributed by atoms with Crippen LogP contribution in [0.15, 0.2) is 29.3 Å². The molecule has 1 atom stereocenters. The standard InChI is InChI=1S/C23H33N3O4S.ClH/c1-4-29-22(28)13-14-30-20-12-8-11-19(15-20)26(17(2)27)21-16-31-23(25(21)3)24-18-9-6-5-7-10-18;/h8,11-12,15,18,21H,4-7,9-10,13-14,16H2,1-3H3;1H. The van der Waals surface area contributed by atoms with E-state index < -0.39 is 0 Å². The van der Waals surface area contributed by atoms with Crippen LogP contribution in [0.4, 0.5) is 5.69 Å². The van der Waals surface area contributed by atoms with Gasteiger partial charge in [-0.25, -0.2) is 0 Å². The molecule has 1 unspecified atom stereocenters. The Morgan fingerprint density at radius 2 is 2.00 bits per heavy atom. The van der Waals surface area contributed by atoms with Gasteiger partial charge in [0.25, 0.3) is 0 Å². The van der Waals surface area contributed by atoms with Gasteiger partial charge in [-0.2, -0.15) is 0 Å². The Balaban J connectivity index is 0.00000363. The summed E-state index contributed by atoms with van der Waals surface area (Å²) in [6.45, 7) is 3.96. The van der Waals surface area contributed by atoms with Gasteiger partial charge in [0.1, 0.15) is 11.9 Å². The van der Waals surface area contributed by atoms with E-state index in [9.17, 15) is 9.59 Å². The Morgan fingerprint density at radius 1 is 1.25 bits per heavy atom. The van der Waals surface area contributed by atoms with Gasteiger partial charge in [0, 0.05) is 31.5 Å². The van der Waals surface area contributed by atoms with Crippen LogP contribution in [-0.4, -0.2) is 60.2 Å². The van der Waals surface area contributed by atoms with Gasteiger partial charge in [0.05, 0.1) is 25.7 Å². The van der Waals surface area contributed by atoms with Gasteiger partial charge in [0.15, 0.2) is 5.17 Å². The Kier molecular flexibility index (Phi) is 10.6. The summed E-state index contributed by atoms with van der Waals surface area (Å²) >= 11 is 1.72. The van der Waals surface area contributed by atoms with Crippen LogP contribution in [0.1, 0.15) is 52.4 Å². The molecular weight excluding hydrogens is 450 g/mol. The van der Waals surface area contributed by atoms with Crippen LogP contribution in [0.25, 0.3) is 0 Å². The van der Waals surface area contributed by atoms with Gasteiger partial charge in [-0.05, 0) is 31.9 Å². The molecule has 1 saturated carbocycles. The highest BCUT2D eigenvalue weighted by atomic mass is 35.5. The highest BCUT2D eigenvalue weighted by Crippen LogP contribution is 2.32. The minimum Gasteiger partial charge on any atom is -0.493 e. The second-order valence-electron chi connectivity index (χ2n) is 7.90. The summed E-state index contributed by atoms with van der Waals surface area (Å²) in [5, 5.41) is 1.02. The number of anilines is 1. The number of nitrogens with zero attached hydrogens (tertiary/aromatic N) is 3. The fourth-order valence-electron chi connectivity index (χ4n) is 4.00. The molecule has 9 heteroatoms. The van der Waals surface area contributed by atoms with E-state index in [2.05, 4.69) is 4.90 Å². The topological polar surface area (TPSA) is 71.4 Å². The number of rotatable bonds is 8. The lowest BCUT2D eigenvalue weighted by molar-refractivity contribution is -0.143. The van der Waals surface area contributed by atoms with Gasteiger partial charge in [0.2, 0.25) is 5.91 Å². The quantitative estimate of drug-likeness (QED) is 0.507. The number of esters is 1. The smallest absolute Gasteiger partial charge is 0.309 e. The first-order valence-electron chi connectivity index (χ1n) is 11.1. The van der Waals surface area contributed by atoms with E-state index >= 15 is 0 Å². The third kappa shape index (κ3) is 7.04. The molecule has 32 heavy (non-hydrogen) atoms. The lowest BCUT2D eigenvalue weighted by Crippen LogP contribution is -2.48. The minimum absolute atomic E-state index is 0. The highest BCUT2D eigenvalue weighted by Gasteiger charge is 2.35. The Morgan fingerprint density at radius 3 is 2.69 bits per heavy atom. The molecule has 2 aliphatic rings. The molecule has 0 N–H and O–H groups in total. The zero-order valence-electron chi connectivity index (χ0n) is 19.1. The molecular formula is C23H34ClN3O4S. The number of hydrogen-bond acceptors (Lipinski definition) is 6. The number of aliphatic imine (C=N–C) groups is 1. The lowest BCUT2D eigenvalue weighted by atomic mass is 9.96. The molecule has 7 nitrogen and oxygen atoms in total. The van der Waals surface area contributed by atoms with Gasteiger partial charge < -0.3 is 14.4 Å². The molecule has 1 aromatic rings. The van der Waals surface area contributed by atoms with Crippen LogP contribution in [0.2, 0.25) is 0 Å². The second kappa shape index (κ2) is 12.9. The van der Waals surface area contributed by atoms with Crippen molar-refractivity contribution in [2.45, 2.75) is 64.6 Å². The van der Waals surface area contributed by atoms with Crippen LogP contribution >= 0.6 is 24.2 Å². The van der Waals surface area contributed by atoms with Crippen LogP contribution in [0, 0.1) is 0 Å². The van der Waals surface area contributed by atoms with Crippen molar-refractivity contribution in [2.24, 2.45) is 4.99 Å². The number of benzene rings is 1. The van der Waals surface area contributed by atoms with E-state index in [0.29, 0.717) is 18.4 Å². The molecule has 0 spiro atoms. The van der Waals surface area contributed by atoms with Gasteiger partial charge >= 0.3 is 5.97 Å². The van der Waals surface area contributed by atoms with Crippen LogP contribution in [0.3, 0.4) is 0 Å². The summed E-state index contributed by atoms with van der Waals surface area (Å²) in [4.78, 5) is 33.0. The monoisotopic (exact) mass is 483 g/mol. The van der Waals surface area contributed by atoms with Crippen LogP contribution < -0.4 is 9.64 Å². The predicted octanol–water partition coefficient (Wildman–Crippen LogP) is 4.49. The Hall–Kier alpha value is -1.93. The second-order valence-corrected chi connectivity index (χ2v) is 8.88. The number of carbonyl (C=O) groups excluding carboxylic acids is 2. The molecule has 1 amide bonds. The first-order chi connectivity index (χ1) is 15.0. The molecule has 1 saturated heterocycles. The fourth-order valence-corrected chi connectivity index (χ4v) is 5.22. The largest absolute Gasteiger partial charge is 0.493 e. The van der Waals surface area contributed by atoms with Crippen molar-refractivity contribution in [2.75, 3.05) is 30.9 Å². The molecule has 0 bridgehead atoms. The van der Waals surface area contributed by atoms with Crippen molar-refractivity contribution < 1.29 is 19.1 Å². The van der Waals surface area contributed by atoms with Crippen molar-refractivity contribution >= 4 is 46.9 Å². The lowest BCUT2D eigenvalue weighted by Gasteiger charge is -2.33. The fraction of sp³-hybridized carbons (Fsp3) is 0.609. The Bertz CT molecular complexity index is 801. The summed E-state index contributed by atoms with van der Waals surface area (Å²) in [6.07, 6.45) is 6.22. The number of halogens is 1. The van der Waals surface area contributed by atoms with Gasteiger partial charge in [-0.1, -0.05) is 37.1 Å². The first-order valence-corrected chi connectivity index (χ1v) is 12.1. The maximum Gasteiger partial charge on any atom is 0.309 e. The number of amidine groups is 1. The van der Waals surface area contributed by atoms with Crippen LogP contribution in [-0.2, 0) is 14.3 Å². The highest BCUT2D eigenvalue weighted by molar-refractivity contribution is 8.14. The SMILES string of the molecule is CCOC(=O)CCOc1cccc(N(C(C)=O)C2CSC(=NC3CCCCC3)N2C)c1.Cl. The zero-order chi connectivity index (χ0) is 22.2. The third-order valence-electron chi connectivity index (χ3n) is 5.59. The number of ether oxygens (including phenoxy) is 2. The van der Waals surface area contributed by atoms with E-state index in [-0.39, 0.29) is 43.5 Å². The van der Waals surface area contributed by atoms with E-state index in [1.54, 1.807) is 30.5 Å². The van der Waals surface area contributed by atoms with Crippen molar-refractivity contribution in [1.29, 1.82) is 0 Å². The summed E-state index contributed by atoms with van der Waals surface area (Å²) in [7, 11) is 2.02. The van der Waals surface area contributed by atoms with Crippen molar-refractivity contribution in [3.8, 4) is 5.75 Å². The van der Waals surface area contributed by atoms with E-state index in [0.717, 1.165) is 29.4 Å².